The highest BCUT2D eigenvalue weighted by molar-refractivity contribution is 7.72. The van der Waals surface area contributed by atoms with Crippen molar-refractivity contribution in [1.82, 2.24) is 0 Å². The zero-order valence-electron chi connectivity index (χ0n) is 14.7. The number of fused-ring (bicyclic) bond motifs is 1. The largest absolute Gasteiger partial charge is 0.401 e. The first-order valence-electron chi connectivity index (χ1n) is 8.25. The van der Waals surface area contributed by atoms with Gasteiger partial charge in [-0.2, -0.15) is 0 Å². The molecular weight excluding hydrogens is 323 g/mol. The Morgan fingerprint density at radius 1 is 0.917 bits per heavy atom. The second-order valence-corrected chi connectivity index (χ2v) is 8.63. The summed E-state index contributed by atoms with van der Waals surface area (Å²) in [6.45, 7) is 8.19. The Morgan fingerprint density at radius 3 is 2.04 bits per heavy atom. The second-order valence-electron chi connectivity index (χ2n) is 6.71. The van der Waals surface area contributed by atoms with Crippen molar-refractivity contribution in [1.29, 1.82) is 0 Å². The standard InChI is InChI=1S/C19H25O4P/c1-14(2)12-22-24(21,23-13-15(3)4)19(20)18-11-7-9-16-8-5-6-10-17(16)18/h5-11,14-15H,12-13H2,1-4H3. The molecule has 0 fully saturated rings. The Balaban J connectivity index is 2.40. The fraction of sp³-hybridized carbons (Fsp3) is 0.421. The molecule has 0 aliphatic carbocycles. The molecule has 0 spiro atoms. The molecule has 0 heterocycles. The predicted octanol–water partition coefficient (Wildman–Crippen LogP) is 5.52. The van der Waals surface area contributed by atoms with Gasteiger partial charge in [-0.25, -0.2) is 0 Å². The average Bonchev–Trinajstić information content (AvgIpc) is 2.57. The van der Waals surface area contributed by atoms with Crippen molar-refractivity contribution in [3.63, 3.8) is 0 Å². The zero-order valence-corrected chi connectivity index (χ0v) is 15.6. The average molecular weight is 348 g/mol. The van der Waals surface area contributed by atoms with E-state index in [1.807, 2.05) is 58.0 Å². The van der Waals surface area contributed by atoms with Crippen LogP contribution in [0.4, 0.5) is 0 Å². The lowest BCUT2D eigenvalue weighted by molar-refractivity contribution is 0.0975. The van der Waals surface area contributed by atoms with Crippen LogP contribution in [0.15, 0.2) is 42.5 Å². The summed E-state index contributed by atoms with van der Waals surface area (Å²) in [5.74, 6) is 0.308. The van der Waals surface area contributed by atoms with Crippen LogP contribution in [0.5, 0.6) is 0 Å². The Labute approximate surface area is 143 Å². The van der Waals surface area contributed by atoms with Crippen molar-refractivity contribution >= 4 is 23.9 Å². The molecule has 0 atom stereocenters. The molecule has 2 aromatic carbocycles. The lowest BCUT2D eigenvalue weighted by atomic mass is 10.1. The normalized spacial score (nSPS) is 12.2. The van der Waals surface area contributed by atoms with Crippen molar-refractivity contribution in [2.24, 2.45) is 11.8 Å². The molecule has 4 nitrogen and oxygen atoms in total. The van der Waals surface area contributed by atoms with E-state index in [0.717, 1.165) is 10.8 Å². The number of carbonyl (C=O) groups excluding carboxylic acids is 1. The lowest BCUT2D eigenvalue weighted by Crippen LogP contribution is -2.13. The van der Waals surface area contributed by atoms with Crippen molar-refractivity contribution in [3.05, 3.63) is 48.0 Å². The highest BCUT2D eigenvalue weighted by Crippen LogP contribution is 2.52. The molecule has 0 amide bonds. The minimum Gasteiger partial charge on any atom is -0.303 e. The maximum Gasteiger partial charge on any atom is 0.401 e. The van der Waals surface area contributed by atoms with Crippen LogP contribution in [0.3, 0.4) is 0 Å². The van der Waals surface area contributed by atoms with Gasteiger partial charge in [0, 0.05) is 5.56 Å². The summed E-state index contributed by atoms with van der Waals surface area (Å²) >= 11 is 0. The molecule has 0 unspecified atom stereocenters. The van der Waals surface area contributed by atoms with Crippen molar-refractivity contribution < 1.29 is 18.4 Å². The van der Waals surface area contributed by atoms with Crippen molar-refractivity contribution in [2.75, 3.05) is 13.2 Å². The van der Waals surface area contributed by atoms with Crippen LogP contribution < -0.4 is 0 Å². The first-order valence-corrected chi connectivity index (χ1v) is 9.79. The van der Waals surface area contributed by atoms with Gasteiger partial charge in [-0.1, -0.05) is 70.2 Å². The topological polar surface area (TPSA) is 52.6 Å². The minimum atomic E-state index is -3.88. The van der Waals surface area contributed by atoms with Crippen LogP contribution in [-0.2, 0) is 13.6 Å². The third-order valence-corrected chi connectivity index (χ3v) is 5.14. The number of benzene rings is 2. The van der Waals surface area contributed by atoms with E-state index in [9.17, 15) is 9.36 Å². The molecule has 0 aliphatic rings. The van der Waals surface area contributed by atoms with Gasteiger partial charge in [0.15, 0.2) is 0 Å². The third-order valence-electron chi connectivity index (χ3n) is 3.42. The molecule has 130 valence electrons. The molecule has 0 N–H and O–H groups in total. The fourth-order valence-electron chi connectivity index (χ4n) is 2.21. The molecule has 0 radical (unpaired) electrons. The van der Waals surface area contributed by atoms with E-state index in [0.29, 0.717) is 5.56 Å². The summed E-state index contributed by atoms with van der Waals surface area (Å²) < 4.78 is 24.2. The van der Waals surface area contributed by atoms with Crippen LogP contribution in [0.25, 0.3) is 10.8 Å². The molecular formula is C19H25O4P. The van der Waals surface area contributed by atoms with Gasteiger partial charge in [0.25, 0.3) is 5.52 Å². The van der Waals surface area contributed by atoms with Gasteiger partial charge in [-0.15, -0.1) is 0 Å². The van der Waals surface area contributed by atoms with Crippen LogP contribution >= 0.6 is 7.60 Å². The third kappa shape index (κ3) is 4.54. The van der Waals surface area contributed by atoms with Crippen LogP contribution in [0.1, 0.15) is 38.1 Å². The number of carbonyl (C=O) groups is 1. The predicted molar refractivity (Wildman–Crippen MR) is 97.5 cm³/mol. The Kier molecular flexibility index (Phi) is 6.34. The van der Waals surface area contributed by atoms with Gasteiger partial charge in [0.05, 0.1) is 13.2 Å². The SMILES string of the molecule is CC(C)COP(=O)(OCC(C)C)C(=O)c1cccc2ccccc12. The van der Waals surface area contributed by atoms with Gasteiger partial charge in [0.1, 0.15) is 0 Å². The van der Waals surface area contributed by atoms with Gasteiger partial charge in [-0.05, 0) is 22.6 Å². The highest BCUT2D eigenvalue weighted by Gasteiger charge is 2.37. The van der Waals surface area contributed by atoms with E-state index < -0.39 is 13.1 Å². The molecule has 0 aromatic heterocycles. The molecule has 0 saturated heterocycles. The summed E-state index contributed by atoms with van der Waals surface area (Å²) in [5.41, 5.74) is -0.190. The van der Waals surface area contributed by atoms with E-state index in [1.54, 1.807) is 12.1 Å². The van der Waals surface area contributed by atoms with Gasteiger partial charge >= 0.3 is 7.60 Å². The molecule has 0 saturated carbocycles. The summed E-state index contributed by atoms with van der Waals surface area (Å²) in [6, 6.07) is 12.9. The molecule has 0 bridgehead atoms. The maximum atomic E-state index is 13.2. The zero-order chi connectivity index (χ0) is 17.7. The Hall–Kier alpha value is -1.48. The van der Waals surface area contributed by atoms with Crippen molar-refractivity contribution in [3.8, 4) is 0 Å². The highest BCUT2D eigenvalue weighted by atomic mass is 31.2. The first kappa shape index (κ1) is 18.9. The molecule has 5 heteroatoms. The van der Waals surface area contributed by atoms with E-state index >= 15 is 0 Å². The number of rotatable bonds is 8. The Morgan fingerprint density at radius 2 is 1.46 bits per heavy atom. The van der Waals surface area contributed by atoms with Crippen LogP contribution in [0, 0.1) is 11.8 Å². The van der Waals surface area contributed by atoms with E-state index in [-0.39, 0.29) is 25.0 Å². The summed E-state index contributed by atoms with van der Waals surface area (Å²) in [6.07, 6.45) is 0. The first-order chi connectivity index (χ1) is 11.3. The van der Waals surface area contributed by atoms with Crippen LogP contribution in [-0.4, -0.2) is 18.7 Å². The van der Waals surface area contributed by atoms with Gasteiger partial charge in [-0.3, -0.25) is 9.36 Å². The Bertz CT molecular complexity index is 731. The quantitative estimate of drug-likeness (QED) is 0.590. The smallest absolute Gasteiger partial charge is 0.303 e. The summed E-state index contributed by atoms with van der Waals surface area (Å²) in [5, 5.41) is 1.68. The summed E-state index contributed by atoms with van der Waals surface area (Å²) in [4.78, 5) is 13.0. The maximum absolute atomic E-state index is 13.2. The second kappa shape index (κ2) is 8.06. The minimum absolute atomic E-state index is 0.154. The molecule has 24 heavy (non-hydrogen) atoms. The van der Waals surface area contributed by atoms with Crippen LogP contribution in [0.2, 0.25) is 0 Å². The summed E-state index contributed by atoms with van der Waals surface area (Å²) in [7, 11) is -3.88. The van der Waals surface area contributed by atoms with E-state index in [4.69, 9.17) is 9.05 Å². The molecule has 2 aromatic rings. The van der Waals surface area contributed by atoms with E-state index in [1.165, 1.54) is 0 Å². The van der Waals surface area contributed by atoms with Gasteiger partial charge in [0.2, 0.25) is 0 Å². The lowest BCUT2D eigenvalue weighted by Gasteiger charge is -2.20. The molecule has 0 aliphatic heterocycles. The number of hydrogen-bond donors (Lipinski definition) is 0. The van der Waals surface area contributed by atoms with E-state index in [2.05, 4.69) is 0 Å². The monoisotopic (exact) mass is 348 g/mol. The fourth-order valence-corrected chi connectivity index (χ4v) is 4.00. The molecule has 2 rings (SSSR count). The van der Waals surface area contributed by atoms with Gasteiger partial charge < -0.3 is 9.05 Å². The van der Waals surface area contributed by atoms with Crippen molar-refractivity contribution in [2.45, 2.75) is 27.7 Å². The number of hydrogen-bond acceptors (Lipinski definition) is 4.